The van der Waals surface area contributed by atoms with Crippen molar-refractivity contribution in [3.63, 3.8) is 0 Å². The van der Waals surface area contributed by atoms with Crippen LogP contribution in [-0.4, -0.2) is 41.1 Å². The second kappa shape index (κ2) is 6.05. The summed E-state index contributed by atoms with van der Waals surface area (Å²) in [5.41, 5.74) is 2.10. The van der Waals surface area contributed by atoms with E-state index >= 15 is 0 Å². The molecule has 1 fully saturated rings. The molecule has 0 amide bonds. The highest BCUT2D eigenvalue weighted by Gasteiger charge is 2.19. The number of alkyl halides is 1. The topological polar surface area (TPSA) is 45.2 Å². The van der Waals surface area contributed by atoms with E-state index < -0.39 is 0 Å². The monoisotopic (exact) mass is 289 g/mol. The number of halogens is 1. The summed E-state index contributed by atoms with van der Waals surface area (Å²) in [6.07, 6.45) is 5.38. The summed E-state index contributed by atoms with van der Waals surface area (Å²) >= 11 is 5.84. The molecule has 0 unspecified atom stereocenters. The number of nitrogens with zero attached hydrogens (tertiary/aromatic N) is 5. The smallest absolute Gasteiger partial charge is 0.225 e. The first kappa shape index (κ1) is 13.1. The number of anilines is 2. The maximum atomic E-state index is 5.84. The molecule has 6 heteroatoms. The molecule has 0 aliphatic carbocycles. The van der Waals surface area contributed by atoms with Crippen molar-refractivity contribution in [3.05, 3.63) is 42.5 Å². The first-order chi connectivity index (χ1) is 9.86. The second-order valence-corrected chi connectivity index (χ2v) is 4.93. The van der Waals surface area contributed by atoms with Crippen molar-refractivity contribution in [2.24, 2.45) is 0 Å². The average Bonchev–Trinajstić information content (AvgIpc) is 2.56. The van der Waals surface area contributed by atoms with E-state index in [9.17, 15) is 0 Å². The molecule has 104 valence electrons. The fourth-order valence-corrected chi connectivity index (χ4v) is 2.50. The highest BCUT2D eigenvalue weighted by molar-refractivity contribution is 6.16. The highest BCUT2D eigenvalue weighted by Crippen LogP contribution is 2.19. The number of rotatable bonds is 3. The van der Waals surface area contributed by atoms with Crippen LogP contribution in [0.1, 0.15) is 5.69 Å². The van der Waals surface area contributed by atoms with Crippen LogP contribution in [0.4, 0.5) is 11.6 Å². The molecule has 3 heterocycles. The Kier molecular flexibility index (Phi) is 3.97. The molecule has 1 aliphatic rings. The van der Waals surface area contributed by atoms with Crippen molar-refractivity contribution in [2.45, 2.75) is 5.88 Å². The van der Waals surface area contributed by atoms with Gasteiger partial charge in [0.2, 0.25) is 5.95 Å². The van der Waals surface area contributed by atoms with E-state index in [0.717, 1.165) is 37.8 Å². The molecule has 0 radical (unpaired) electrons. The molecule has 0 bridgehead atoms. The van der Waals surface area contributed by atoms with Gasteiger partial charge >= 0.3 is 0 Å². The Morgan fingerprint density at radius 2 is 1.65 bits per heavy atom. The molecule has 2 aromatic heterocycles. The molecule has 1 aliphatic heterocycles. The number of hydrogen-bond acceptors (Lipinski definition) is 5. The Morgan fingerprint density at radius 1 is 0.950 bits per heavy atom. The molecule has 0 spiro atoms. The molecule has 2 aromatic rings. The maximum Gasteiger partial charge on any atom is 0.225 e. The van der Waals surface area contributed by atoms with Crippen LogP contribution in [0.3, 0.4) is 0 Å². The summed E-state index contributed by atoms with van der Waals surface area (Å²) < 4.78 is 0. The second-order valence-electron chi connectivity index (χ2n) is 4.66. The van der Waals surface area contributed by atoms with E-state index in [4.69, 9.17) is 11.6 Å². The Labute approximate surface area is 123 Å². The van der Waals surface area contributed by atoms with Crippen LogP contribution in [0, 0.1) is 0 Å². The van der Waals surface area contributed by atoms with Crippen molar-refractivity contribution >= 4 is 23.2 Å². The minimum absolute atomic E-state index is 0.450. The highest BCUT2D eigenvalue weighted by atomic mass is 35.5. The minimum Gasteiger partial charge on any atom is -0.368 e. The molecule has 3 rings (SSSR count). The fraction of sp³-hybridized carbons (Fsp3) is 0.357. The quantitative estimate of drug-likeness (QED) is 0.808. The first-order valence-electron chi connectivity index (χ1n) is 6.64. The summed E-state index contributed by atoms with van der Waals surface area (Å²) in [5.74, 6) is 1.26. The molecule has 0 atom stereocenters. The van der Waals surface area contributed by atoms with Gasteiger partial charge in [0, 0.05) is 50.5 Å². The summed E-state index contributed by atoms with van der Waals surface area (Å²) in [7, 11) is 0. The molecule has 1 saturated heterocycles. The third kappa shape index (κ3) is 2.82. The van der Waals surface area contributed by atoms with Gasteiger partial charge in [-0.15, -0.1) is 11.6 Å². The average molecular weight is 290 g/mol. The molecule has 0 saturated carbocycles. The van der Waals surface area contributed by atoms with E-state index in [2.05, 4.69) is 30.8 Å². The van der Waals surface area contributed by atoms with Gasteiger partial charge in [-0.1, -0.05) is 0 Å². The molecule has 0 N–H and O–H groups in total. The molecule has 0 aromatic carbocycles. The minimum atomic E-state index is 0.450. The first-order valence-corrected chi connectivity index (χ1v) is 7.18. The molecule has 20 heavy (non-hydrogen) atoms. The standard InChI is InChI=1S/C14H16ClN5/c15-11-12-10-13(2-5-16-12)19-6-8-20(9-7-19)14-17-3-1-4-18-14/h1-5,10H,6-9,11H2. The lowest BCUT2D eigenvalue weighted by Crippen LogP contribution is -2.47. The van der Waals surface area contributed by atoms with Gasteiger partial charge in [0.25, 0.3) is 0 Å². The van der Waals surface area contributed by atoms with Crippen molar-refractivity contribution < 1.29 is 0 Å². The Bertz CT molecular complexity index is 555. The van der Waals surface area contributed by atoms with Gasteiger partial charge in [0.1, 0.15) is 0 Å². The zero-order chi connectivity index (χ0) is 13.8. The Hall–Kier alpha value is -1.88. The van der Waals surface area contributed by atoms with Crippen molar-refractivity contribution in [1.29, 1.82) is 0 Å². The van der Waals surface area contributed by atoms with Crippen LogP contribution in [0.5, 0.6) is 0 Å². The van der Waals surface area contributed by atoms with Crippen LogP contribution in [0.15, 0.2) is 36.8 Å². The number of pyridine rings is 1. The van der Waals surface area contributed by atoms with Crippen molar-refractivity contribution in [2.75, 3.05) is 36.0 Å². The lowest BCUT2D eigenvalue weighted by Gasteiger charge is -2.36. The Balaban J connectivity index is 1.66. The van der Waals surface area contributed by atoms with Gasteiger partial charge in [-0.3, -0.25) is 4.98 Å². The van der Waals surface area contributed by atoms with Crippen LogP contribution in [0.25, 0.3) is 0 Å². The van der Waals surface area contributed by atoms with E-state index in [0.29, 0.717) is 5.88 Å². The Morgan fingerprint density at radius 3 is 2.35 bits per heavy atom. The maximum absolute atomic E-state index is 5.84. The van der Waals surface area contributed by atoms with E-state index in [1.54, 1.807) is 12.4 Å². The van der Waals surface area contributed by atoms with Crippen LogP contribution in [0.2, 0.25) is 0 Å². The zero-order valence-electron chi connectivity index (χ0n) is 11.1. The third-order valence-electron chi connectivity index (χ3n) is 3.42. The number of piperazine rings is 1. The van der Waals surface area contributed by atoms with Gasteiger partial charge in [0.15, 0.2) is 0 Å². The van der Waals surface area contributed by atoms with Crippen LogP contribution >= 0.6 is 11.6 Å². The molecular weight excluding hydrogens is 274 g/mol. The lowest BCUT2D eigenvalue weighted by molar-refractivity contribution is 0.639. The zero-order valence-corrected chi connectivity index (χ0v) is 11.9. The summed E-state index contributed by atoms with van der Waals surface area (Å²) in [6, 6.07) is 5.93. The van der Waals surface area contributed by atoms with E-state index in [1.807, 2.05) is 18.3 Å². The molecular formula is C14H16ClN5. The summed E-state index contributed by atoms with van der Waals surface area (Å²) in [6.45, 7) is 3.74. The number of aromatic nitrogens is 3. The number of hydrogen-bond donors (Lipinski definition) is 0. The predicted molar refractivity (Wildman–Crippen MR) is 80.3 cm³/mol. The fourth-order valence-electron chi connectivity index (χ4n) is 2.35. The largest absolute Gasteiger partial charge is 0.368 e. The summed E-state index contributed by atoms with van der Waals surface area (Å²) in [4.78, 5) is 17.4. The van der Waals surface area contributed by atoms with Gasteiger partial charge < -0.3 is 9.80 Å². The SMILES string of the molecule is ClCc1cc(N2CCN(c3ncccn3)CC2)ccn1. The van der Waals surface area contributed by atoms with Gasteiger partial charge in [-0.25, -0.2) is 9.97 Å². The predicted octanol–water partition coefficient (Wildman–Crippen LogP) is 1.94. The van der Waals surface area contributed by atoms with Gasteiger partial charge in [0.05, 0.1) is 11.6 Å². The lowest BCUT2D eigenvalue weighted by atomic mass is 10.2. The van der Waals surface area contributed by atoms with E-state index in [-0.39, 0.29) is 0 Å². The normalized spacial score (nSPS) is 15.4. The van der Waals surface area contributed by atoms with Crippen molar-refractivity contribution in [3.8, 4) is 0 Å². The van der Waals surface area contributed by atoms with Crippen molar-refractivity contribution in [1.82, 2.24) is 15.0 Å². The van der Waals surface area contributed by atoms with Crippen LogP contribution < -0.4 is 9.80 Å². The third-order valence-corrected chi connectivity index (χ3v) is 3.69. The molecule has 5 nitrogen and oxygen atoms in total. The van der Waals surface area contributed by atoms with Crippen LogP contribution in [-0.2, 0) is 5.88 Å². The summed E-state index contributed by atoms with van der Waals surface area (Å²) in [5, 5.41) is 0. The van der Waals surface area contributed by atoms with E-state index in [1.165, 1.54) is 5.69 Å². The van der Waals surface area contributed by atoms with Gasteiger partial charge in [-0.2, -0.15) is 0 Å². The van der Waals surface area contributed by atoms with Gasteiger partial charge in [-0.05, 0) is 18.2 Å².